The van der Waals surface area contributed by atoms with E-state index in [1.165, 1.54) is 12.2 Å². The predicted octanol–water partition coefficient (Wildman–Crippen LogP) is 1.78. The van der Waals surface area contributed by atoms with Crippen molar-refractivity contribution < 1.29 is 4.52 Å². The molecule has 2 aliphatic rings. The minimum atomic E-state index is 0.0361. The first kappa shape index (κ1) is 13.4. The van der Waals surface area contributed by atoms with E-state index in [2.05, 4.69) is 34.2 Å². The van der Waals surface area contributed by atoms with Crippen LogP contribution in [-0.4, -0.2) is 47.0 Å². The van der Waals surface area contributed by atoms with E-state index >= 15 is 0 Å². The molecule has 0 aromatic carbocycles. The summed E-state index contributed by atoms with van der Waals surface area (Å²) in [6.45, 7) is 8.58. The summed E-state index contributed by atoms with van der Waals surface area (Å²) in [4.78, 5) is 7.09. The molecule has 0 saturated carbocycles. The van der Waals surface area contributed by atoms with E-state index in [1.54, 1.807) is 0 Å². The van der Waals surface area contributed by atoms with Gasteiger partial charge in [0.2, 0.25) is 5.89 Å². The molecule has 2 fully saturated rings. The lowest BCUT2D eigenvalue weighted by atomic mass is 10.1. The lowest BCUT2D eigenvalue weighted by molar-refractivity contribution is 0.176. The summed E-state index contributed by atoms with van der Waals surface area (Å²) < 4.78 is 5.58. The van der Waals surface area contributed by atoms with Gasteiger partial charge < -0.3 is 9.84 Å². The molecule has 1 aromatic rings. The van der Waals surface area contributed by atoms with Gasteiger partial charge in [-0.05, 0) is 32.4 Å². The largest absolute Gasteiger partial charge is 0.338 e. The minimum Gasteiger partial charge on any atom is -0.338 e. The van der Waals surface area contributed by atoms with Crippen LogP contribution < -0.4 is 5.32 Å². The number of piperazine rings is 1. The van der Waals surface area contributed by atoms with E-state index in [1.807, 2.05) is 11.8 Å². The highest BCUT2D eigenvalue weighted by molar-refractivity contribution is 8.00. The fourth-order valence-corrected chi connectivity index (χ4v) is 4.03. The monoisotopic (exact) mass is 282 g/mol. The Labute approximate surface area is 118 Å². The average molecular weight is 282 g/mol. The molecule has 0 bridgehead atoms. The molecule has 106 valence electrons. The Morgan fingerprint density at radius 1 is 1.42 bits per heavy atom. The summed E-state index contributed by atoms with van der Waals surface area (Å²) >= 11 is 1.94. The van der Waals surface area contributed by atoms with Crippen LogP contribution in [0.4, 0.5) is 0 Å². The van der Waals surface area contributed by atoms with Gasteiger partial charge >= 0.3 is 0 Å². The lowest BCUT2D eigenvalue weighted by Gasteiger charge is -2.30. The topological polar surface area (TPSA) is 54.2 Å². The fourth-order valence-electron chi connectivity index (χ4n) is 2.80. The van der Waals surface area contributed by atoms with Crippen LogP contribution >= 0.6 is 11.8 Å². The Balaban J connectivity index is 1.73. The highest BCUT2D eigenvalue weighted by Crippen LogP contribution is 2.45. The maximum absolute atomic E-state index is 5.54. The second-order valence-corrected chi connectivity index (χ2v) is 7.20. The van der Waals surface area contributed by atoms with E-state index in [-0.39, 0.29) is 10.8 Å². The zero-order chi connectivity index (χ0) is 13.3. The van der Waals surface area contributed by atoms with Crippen molar-refractivity contribution in [2.24, 2.45) is 0 Å². The second-order valence-electron chi connectivity index (χ2n) is 5.60. The zero-order valence-electron chi connectivity index (χ0n) is 11.7. The Kier molecular flexibility index (Phi) is 3.82. The number of hydrogen-bond donors (Lipinski definition) is 1. The van der Waals surface area contributed by atoms with Gasteiger partial charge in [-0.25, -0.2) is 0 Å². The molecule has 0 aliphatic carbocycles. The van der Waals surface area contributed by atoms with Crippen molar-refractivity contribution in [1.82, 2.24) is 20.4 Å². The molecule has 0 spiro atoms. The van der Waals surface area contributed by atoms with E-state index in [0.29, 0.717) is 0 Å². The Morgan fingerprint density at radius 2 is 2.21 bits per heavy atom. The molecule has 3 heterocycles. The molecule has 1 aromatic heterocycles. The van der Waals surface area contributed by atoms with E-state index in [4.69, 9.17) is 4.52 Å². The van der Waals surface area contributed by atoms with Gasteiger partial charge in [-0.2, -0.15) is 4.98 Å². The Hall–Kier alpha value is -0.590. The second kappa shape index (κ2) is 5.42. The van der Waals surface area contributed by atoms with Gasteiger partial charge in [0.25, 0.3) is 0 Å². The van der Waals surface area contributed by atoms with Crippen LogP contribution in [-0.2, 0) is 4.75 Å². The molecule has 2 unspecified atom stereocenters. The quantitative estimate of drug-likeness (QED) is 0.912. The van der Waals surface area contributed by atoms with Crippen molar-refractivity contribution in [2.45, 2.75) is 37.5 Å². The lowest BCUT2D eigenvalue weighted by Crippen LogP contribution is -2.44. The molecule has 1 N–H and O–H groups in total. The number of aromatic nitrogens is 2. The third-order valence-electron chi connectivity index (χ3n) is 4.19. The molecule has 3 rings (SSSR count). The number of nitrogens with zero attached hydrogens (tertiary/aromatic N) is 3. The summed E-state index contributed by atoms with van der Waals surface area (Å²) in [7, 11) is 0. The molecule has 2 atom stereocenters. The summed E-state index contributed by atoms with van der Waals surface area (Å²) in [6, 6.07) is 0.245. The fraction of sp³-hybridized carbons (Fsp3) is 0.846. The number of rotatable bonds is 3. The molecule has 2 aliphatic heterocycles. The van der Waals surface area contributed by atoms with Gasteiger partial charge in [-0.1, -0.05) is 5.16 Å². The summed E-state index contributed by atoms with van der Waals surface area (Å²) in [5.41, 5.74) is 0. The van der Waals surface area contributed by atoms with Gasteiger partial charge in [0.1, 0.15) is 0 Å². The average Bonchev–Trinajstić information content (AvgIpc) is 3.08. The molecular formula is C13H22N4OS. The molecule has 0 amide bonds. The standard InChI is InChI=1S/C13H22N4OS/c1-10(17-7-5-14-6-8-17)11-15-12(18-16-11)13(2)4-3-9-19-13/h10,14H,3-9H2,1-2H3. The van der Waals surface area contributed by atoms with Crippen LogP contribution in [0.1, 0.15) is 44.4 Å². The van der Waals surface area contributed by atoms with Gasteiger partial charge in [-0.3, -0.25) is 4.90 Å². The van der Waals surface area contributed by atoms with Crippen LogP contribution in [0, 0.1) is 0 Å². The normalized spacial score (nSPS) is 30.6. The van der Waals surface area contributed by atoms with E-state index in [9.17, 15) is 0 Å². The first-order valence-corrected chi connectivity index (χ1v) is 8.10. The maximum Gasteiger partial charge on any atom is 0.242 e. The number of hydrogen-bond acceptors (Lipinski definition) is 6. The van der Waals surface area contributed by atoms with Crippen molar-refractivity contribution in [3.05, 3.63) is 11.7 Å². The number of nitrogens with one attached hydrogen (secondary N) is 1. The molecule has 19 heavy (non-hydrogen) atoms. The van der Waals surface area contributed by atoms with Gasteiger partial charge in [0, 0.05) is 26.2 Å². The van der Waals surface area contributed by atoms with Gasteiger partial charge in [0.05, 0.1) is 10.8 Å². The van der Waals surface area contributed by atoms with Crippen molar-refractivity contribution >= 4 is 11.8 Å². The maximum atomic E-state index is 5.54. The van der Waals surface area contributed by atoms with E-state index < -0.39 is 0 Å². The van der Waals surface area contributed by atoms with Crippen LogP contribution in [0.2, 0.25) is 0 Å². The van der Waals surface area contributed by atoms with Crippen LogP contribution in [0.3, 0.4) is 0 Å². The highest BCUT2D eigenvalue weighted by atomic mass is 32.2. The molecule has 2 saturated heterocycles. The van der Waals surface area contributed by atoms with Crippen LogP contribution in [0.5, 0.6) is 0 Å². The Bertz CT molecular complexity index is 424. The molecule has 0 radical (unpaired) electrons. The van der Waals surface area contributed by atoms with Crippen molar-refractivity contribution in [3.63, 3.8) is 0 Å². The minimum absolute atomic E-state index is 0.0361. The number of thioether (sulfide) groups is 1. The Morgan fingerprint density at radius 3 is 2.89 bits per heavy atom. The first-order chi connectivity index (χ1) is 9.19. The van der Waals surface area contributed by atoms with E-state index in [0.717, 1.165) is 44.3 Å². The van der Waals surface area contributed by atoms with Crippen LogP contribution in [0.25, 0.3) is 0 Å². The third kappa shape index (κ3) is 2.66. The van der Waals surface area contributed by atoms with Crippen molar-refractivity contribution in [1.29, 1.82) is 0 Å². The zero-order valence-corrected chi connectivity index (χ0v) is 12.5. The van der Waals surface area contributed by atoms with Gasteiger partial charge in [0.15, 0.2) is 5.82 Å². The van der Waals surface area contributed by atoms with Crippen molar-refractivity contribution in [3.8, 4) is 0 Å². The van der Waals surface area contributed by atoms with Crippen molar-refractivity contribution in [2.75, 3.05) is 31.9 Å². The first-order valence-electron chi connectivity index (χ1n) is 7.12. The highest BCUT2D eigenvalue weighted by Gasteiger charge is 2.37. The summed E-state index contributed by atoms with van der Waals surface area (Å²) in [5.74, 6) is 2.85. The SMILES string of the molecule is CC(c1noc(C2(C)CCCS2)n1)N1CCNCC1. The van der Waals surface area contributed by atoms with Gasteiger partial charge in [-0.15, -0.1) is 11.8 Å². The third-order valence-corrected chi connectivity index (χ3v) is 5.69. The van der Waals surface area contributed by atoms with Crippen LogP contribution in [0.15, 0.2) is 4.52 Å². The molecular weight excluding hydrogens is 260 g/mol. The predicted molar refractivity (Wildman–Crippen MR) is 76.2 cm³/mol. The summed E-state index contributed by atoms with van der Waals surface area (Å²) in [5, 5.41) is 7.59. The molecule has 6 heteroatoms. The molecule has 5 nitrogen and oxygen atoms in total. The smallest absolute Gasteiger partial charge is 0.242 e. The summed E-state index contributed by atoms with van der Waals surface area (Å²) in [6.07, 6.45) is 2.38.